The van der Waals surface area contributed by atoms with Gasteiger partial charge < -0.3 is 0 Å². The van der Waals surface area contributed by atoms with Gasteiger partial charge >= 0.3 is 0 Å². The summed E-state index contributed by atoms with van der Waals surface area (Å²) in [5.41, 5.74) is 0.369. The Morgan fingerprint density at radius 2 is 1.13 bits per heavy atom. The minimum atomic E-state index is -2.41. The van der Waals surface area contributed by atoms with Crippen LogP contribution >= 0.6 is 18.5 Å². The molecule has 0 radical (unpaired) electrons. The third-order valence-electron chi connectivity index (χ3n) is 5.01. The molecule has 0 unspecified atom stereocenters. The number of ketones is 1. The fourth-order valence-corrected chi connectivity index (χ4v) is 7.51. The molecule has 0 aromatic heterocycles. The summed E-state index contributed by atoms with van der Waals surface area (Å²) in [5, 5.41) is 3.16. The molecule has 0 atom stereocenters. The molecule has 0 aliphatic carbocycles. The van der Waals surface area contributed by atoms with E-state index < -0.39 is 12.7 Å². The Labute approximate surface area is 180 Å². The smallest absolute Gasteiger partial charge is 0.186 e. The molecule has 0 saturated carbocycles. The summed E-state index contributed by atoms with van der Waals surface area (Å²) in [6.07, 6.45) is 0. The van der Waals surface area contributed by atoms with Gasteiger partial charge in [-0.1, -0.05) is 103 Å². The predicted octanol–water partition coefficient (Wildman–Crippen LogP) is 5.46. The van der Waals surface area contributed by atoms with Crippen LogP contribution in [-0.4, -0.2) is 11.6 Å². The van der Waals surface area contributed by atoms with Crippen molar-refractivity contribution in [2.75, 3.05) is 0 Å². The van der Waals surface area contributed by atoms with Gasteiger partial charge in [-0.25, -0.2) is 4.39 Å². The van der Waals surface area contributed by atoms with E-state index >= 15 is 0 Å². The summed E-state index contributed by atoms with van der Waals surface area (Å²) in [6, 6.07) is 34.3. The van der Waals surface area contributed by atoms with Crippen LogP contribution in [-0.2, 0) is 0 Å². The molecule has 1 nitrogen and oxygen atoms in total. The minimum Gasteiger partial charge on any atom is -0.289 e. The van der Waals surface area contributed by atoms with Gasteiger partial charge in [-0.2, -0.15) is 0 Å². The predicted molar refractivity (Wildman–Crippen MR) is 127 cm³/mol. The largest absolute Gasteiger partial charge is 0.289 e. The fourth-order valence-electron chi connectivity index (χ4n) is 3.56. The lowest BCUT2D eigenvalue weighted by atomic mass is 10.1. The highest BCUT2D eigenvalue weighted by atomic mass is 35.5. The molecule has 0 aliphatic heterocycles. The van der Waals surface area contributed by atoms with Gasteiger partial charge in [0.05, 0.1) is 5.02 Å². The molecule has 30 heavy (non-hydrogen) atoms. The molecule has 0 spiro atoms. The highest BCUT2D eigenvalue weighted by molar-refractivity contribution is 7.95. The van der Waals surface area contributed by atoms with Gasteiger partial charge in [-0.15, -0.1) is 0 Å². The second kappa shape index (κ2) is 8.83. The van der Waals surface area contributed by atoms with Gasteiger partial charge in [0.1, 0.15) is 5.82 Å². The van der Waals surface area contributed by atoms with Crippen molar-refractivity contribution in [3.63, 3.8) is 0 Å². The Morgan fingerprint density at radius 3 is 1.53 bits per heavy atom. The summed E-state index contributed by atoms with van der Waals surface area (Å²) in [6.45, 7) is -2.41. The Kier molecular flexibility index (Phi) is 5.99. The van der Waals surface area contributed by atoms with E-state index in [1.807, 2.05) is 60.4 Å². The van der Waals surface area contributed by atoms with Crippen LogP contribution in [0.15, 0.2) is 109 Å². The lowest BCUT2D eigenvalue weighted by molar-refractivity contribution is 0.107. The summed E-state index contributed by atoms with van der Waals surface area (Å²) in [5.74, 6) is 1.10. The Balaban J connectivity index is 2.05. The van der Waals surface area contributed by atoms with Gasteiger partial charge in [0.2, 0.25) is 0 Å². The molecule has 0 fully saturated rings. The van der Waals surface area contributed by atoms with Gasteiger partial charge in [-0.3, -0.25) is 4.79 Å². The Bertz CT molecular complexity index is 1120. The molecule has 4 aromatic carbocycles. The second-order valence-electron chi connectivity index (χ2n) is 6.85. The van der Waals surface area contributed by atoms with Crippen molar-refractivity contribution < 1.29 is 9.18 Å². The molecule has 0 N–H and O–H groups in total. The second-order valence-corrected chi connectivity index (χ2v) is 10.5. The molecular weight excluding hydrogens is 414 g/mol. The standard InChI is InChI=1S/C26H19ClFOP/c27-24-18-20(16-17-25(24)28)26(29)19-30(21-10-4-1-5-11-21,22-12-6-2-7-13-22)23-14-8-3-9-15-23/h1-19H. The zero-order valence-electron chi connectivity index (χ0n) is 16.1. The maximum absolute atomic E-state index is 13.6. The van der Waals surface area contributed by atoms with Crippen LogP contribution in [0.5, 0.6) is 0 Å². The molecule has 0 bridgehead atoms. The van der Waals surface area contributed by atoms with Gasteiger partial charge in [0, 0.05) is 5.56 Å². The van der Waals surface area contributed by atoms with Crippen LogP contribution in [0.3, 0.4) is 0 Å². The van der Waals surface area contributed by atoms with Crippen molar-refractivity contribution in [3.8, 4) is 0 Å². The summed E-state index contributed by atoms with van der Waals surface area (Å²) in [4.78, 5) is 13.4. The molecule has 4 aromatic rings. The maximum atomic E-state index is 13.6. The van der Waals surface area contributed by atoms with Crippen molar-refractivity contribution >= 4 is 46.0 Å². The first-order valence-corrected chi connectivity index (χ1v) is 11.8. The summed E-state index contributed by atoms with van der Waals surface area (Å²) >= 11 is 5.95. The van der Waals surface area contributed by atoms with Gasteiger partial charge in [-0.05, 0) is 46.8 Å². The van der Waals surface area contributed by atoms with Crippen molar-refractivity contribution in [3.05, 3.63) is 126 Å². The van der Waals surface area contributed by atoms with E-state index in [2.05, 4.69) is 36.4 Å². The monoisotopic (exact) mass is 432 g/mol. The van der Waals surface area contributed by atoms with Crippen LogP contribution < -0.4 is 15.9 Å². The van der Waals surface area contributed by atoms with Crippen LogP contribution in [0.1, 0.15) is 10.4 Å². The zero-order chi connectivity index (χ0) is 21.0. The average Bonchev–Trinajstić information content (AvgIpc) is 2.81. The molecule has 4 rings (SSSR count). The third kappa shape index (κ3) is 3.89. The van der Waals surface area contributed by atoms with E-state index in [9.17, 15) is 9.18 Å². The first kappa shape index (κ1) is 20.3. The van der Waals surface area contributed by atoms with E-state index in [0.29, 0.717) is 5.56 Å². The Hall–Kier alpha value is -2.93. The Morgan fingerprint density at radius 1 is 0.700 bits per heavy atom. The van der Waals surface area contributed by atoms with E-state index in [4.69, 9.17) is 11.6 Å². The van der Waals surface area contributed by atoms with Crippen LogP contribution in [0.25, 0.3) is 0 Å². The van der Waals surface area contributed by atoms with Crippen LogP contribution in [0.4, 0.5) is 4.39 Å². The lowest BCUT2D eigenvalue weighted by Crippen LogP contribution is -2.28. The number of Topliss-reactive ketones (excluding diaryl/α,β-unsaturated/α-hetero) is 1. The van der Waals surface area contributed by atoms with Gasteiger partial charge in [0.15, 0.2) is 5.78 Å². The number of carbonyl (C=O) groups is 1. The number of hydrogen-bond donors (Lipinski definition) is 0. The highest BCUT2D eigenvalue weighted by Crippen LogP contribution is 2.43. The number of halogens is 2. The average molecular weight is 433 g/mol. The number of benzene rings is 4. The van der Waals surface area contributed by atoms with Crippen molar-refractivity contribution in [1.29, 1.82) is 0 Å². The number of hydrogen-bond acceptors (Lipinski definition) is 1. The summed E-state index contributed by atoms with van der Waals surface area (Å²) < 4.78 is 13.6. The van der Waals surface area contributed by atoms with Gasteiger partial charge in [0.25, 0.3) is 0 Å². The lowest BCUT2D eigenvalue weighted by Gasteiger charge is -2.28. The highest BCUT2D eigenvalue weighted by Gasteiger charge is 2.26. The molecule has 148 valence electrons. The quantitative estimate of drug-likeness (QED) is 0.302. The minimum absolute atomic E-state index is 0.0580. The van der Waals surface area contributed by atoms with Crippen molar-refractivity contribution in [1.82, 2.24) is 0 Å². The normalized spacial score (nSPS) is 11.1. The van der Waals surface area contributed by atoms with Crippen LogP contribution in [0, 0.1) is 5.82 Å². The first-order chi connectivity index (χ1) is 14.6. The summed E-state index contributed by atoms with van der Waals surface area (Å²) in [7, 11) is 0. The zero-order valence-corrected chi connectivity index (χ0v) is 17.7. The molecule has 0 aliphatic rings. The number of rotatable bonds is 5. The molecule has 4 heteroatoms. The SMILES string of the molecule is O=C(C=P(c1ccccc1)(c1ccccc1)c1ccccc1)c1ccc(F)c(Cl)c1. The fraction of sp³-hybridized carbons (Fsp3) is 0. The molecule has 0 heterocycles. The third-order valence-corrected chi connectivity index (χ3v) is 9.25. The van der Waals surface area contributed by atoms with Crippen LogP contribution in [0.2, 0.25) is 5.02 Å². The van der Waals surface area contributed by atoms with E-state index in [0.717, 1.165) is 15.9 Å². The topological polar surface area (TPSA) is 17.1 Å². The van der Waals surface area contributed by atoms with E-state index in [-0.39, 0.29) is 10.8 Å². The van der Waals surface area contributed by atoms with Crippen molar-refractivity contribution in [2.24, 2.45) is 0 Å². The number of carbonyl (C=O) groups excluding carboxylic acids is 1. The molecular formula is C26H19ClFOP. The van der Waals surface area contributed by atoms with Crippen molar-refractivity contribution in [2.45, 2.75) is 0 Å². The maximum Gasteiger partial charge on any atom is 0.186 e. The van der Waals surface area contributed by atoms with E-state index in [1.165, 1.54) is 18.2 Å². The molecule has 0 saturated heterocycles. The first-order valence-electron chi connectivity index (χ1n) is 9.52. The van der Waals surface area contributed by atoms with E-state index in [1.54, 1.807) is 0 Å². The molecule has 0 amide bonds.